The third-order valence-corrected chi connectivity index (χ3v) is 2.56. The zero-order valence-electron chi connectivity index (χ0n) is 9.87. The van der Waals surface area contributed by atoms with Crippen LogP contribution >= 0.6 is 11.6 Å². The van der Waals surface area contributed by atoms with E-state index in [1.54, 1.807) is 19.1 Å². The molecule has 0 aliphatic rings. The van der Waals surface area contributed by atoms with Crippen molar-refractivity contribution in [1.29, 1.82) is 0 Å². The number of nitrogens with one attached hydrogen (secondary N) is 2. The fourth-order valence-electron chi connectivity index (χ4n) is 1.35. The smallest absolute Gasteiger partial charge is 0.239 e. The highest BCUT2D eigenvalue weighted by molar-refractivity contribution is 6.27. The maximum Gasteiger partial charge on any atom is 0.239 e. The van der Waals surface area contributed by atoms with Gasteiger partial charge in [0.15, 0.2) is 0 Å². The van der Waals surface area contributed by atoms with E-state index in [1.165, 1.54) is 12.1 Å². The van der Waals surface area contributed by atoms with Crippen molar-refractivity contribution in [3.05, 3.63) is 35.6 Å². The molecule has 1 atom stereocenters. The Kier molecular flexibility index (Phi) is 5.58. The molecule has 0 heterocycles. The van der Waals surface area contributed by atoms with Crippen LogP contribution in [-0.4, -0.2) is 24.2 Å². The number of carbonyl (C=O) groups is 2. The van der Waals surface area contributed by atoms with Crippen LogP contribution in [0, 0.1) is 5.82 Å². The van der Waals surface area contributed by atoms with E-state index in [1.807, 2.05) is 0 Å². The summed E-state index contributed by atoms with van der Waals surface area (Å²) in [6.45, 7) is 1.64. The topological polar surface area (TPSA) is 58.2 Å². The Morgan fingerprint density at radius 2 is 1.89 bits per heavy atom. The molecule has 1 rings (SSSR count). The number of hydrogen-bond donors (Lipinski definition) is 2. The number of carbonyl (C=O) groups excluding carboxylic acids is 2. The van der Waals surface area contributed by atoms with Crippen molar-refractivity contribution in [2.45, 2.75) is 13.0 Å². The number of rotatable bonds is 5. The Morgan fingerprint density at radius 1 is 1.28 bits per heavy atom. The van der Waals surface area contributed by atoms with Gasteiger partial charge in [-0.25, -0.2) is 4.39 Å². The van der Waals surface area contributed by atoms with Crippen LogP contribution in [-0.2, 0) is 9.59 Å². The third-order valence-electron chi connectivity index (χ3n) is 2.31. The molecule has 1 unspecified atom stereocenters. The molecule has 2 N–H and O–H groups in total. The fraction of sp³-hybridized carbons (Fsp3) is 0.333. The summed E-state index contributed by atoms with van der Waals surface area (Å²) in [5.74, 6) is -1.24. The Labute approximate surface area is 110 Å². The lowest BCUT2D eigenvalue weighted by Gasteiger charge is -2.14. The van der Waals surface area contributed by atoms with Gasteiger partial charge in [0, 0.05) is 0 Å². The van der Waals surface area contributed by atoms with Gasteiger partial charge in [0.1, 0.15) is 11.7 Å². The normalized spacial score (nSPS) is 11.7. The summed E-state index contributed by atoms with van der Waals surface area (Å²) in [6.07, 6.45) is 0. The van der Waals surface area contributed by atoms with Crippen LogP contribution in [0.3, 0.4) is 0 Å². The third kappa shape index (κ3) is 4.71. The van der Waals surface area contributed by atoms with E-state index in [0.29, 0.717) is 0 Å². The number of benzene rings is 1. The lowest BCUT2D eigenvalue weighted by Crippen LogP contribution is -2.38. The quantitative estimate of drug-likeness (QED) is 0.795. The van der Waals surface area contributed by atoms with Gasteiger partial charge in [-0.1, -0.05) is 12.1 Å². The van der Waals surface area contributed by atoms with Crippen LogP contribution in [0.4, 0.5) is 4.39 Å². The van der Waals surface area contributed by atoms with E-state index >= 15 is 0 Å². The molecule has 6 heteroatoms. The van der Waals surface area contributed by atoms with E-state index in [9.17, 15) is 14.0 Å². The molecule has 18 heavy (non-hydrogen) atoms. The first-order chi connectivity index (χ1) is 8.52. The van der Waals surface area contributed by atoms with Gasteiger partial charge < -0.3 is 10.6 Å². The molecule has 0 aromatic heterocycles. The van der Waals surface area contributed by atoms with Crippen molar-refractivity contribution in [3.63, 3.8) is 0 Å². The summed E-state index contributed by atoms with van der Waals surface area (Å²) in [4.78, 5) is 22.3. The first-order valence-corrected chi connectivity index (χ1v) is 5.94. The van der Waals surface area contributed by atoms with Crippen LogP contribution in [0.1, 0.15) is 18.5 Å². The largest absolute Gasteiger partial charge is 0.348 e. The SMILES string of the molecule is CC(NC(=O)CNC(=O)CCl)c1ccc(F)cc1. The van der Waals surface area contributed by atoms with Crippen molar-refractivity contribution in [2.75, 3.05) is 12.4 Å². The number of halogens is 2. The van der Waals surface area contributed by atoms with Crippen LogP contribution in [0.15, 0.2) is 24.3 Å². The molecule has 0 spiro atoms. The van der Waals surface area contributed by atoms with E-state index in [-0.39, 0.29) is 30.2 Å². The van der Waals surface area contributed by atoms with Gasteiger partial charge >= 0.3 is 0 Å². The second-order valence-corrected chi connectivity index (χ2v) is 4.02. The summed E-state index contributed by atoms with van der Waals surface area (Å²) >= 11 is 5.27. The highest BCUT2D eigenvalue weighted by Crippen LogP contribution is 2.12. The number of alkyl halides is 1. The van der Waals surface area contributed by atoms with Crippen molar-refractivity contribution in [3.8, 4) is 0 Å². The van der Waals surface area contributed by atoms with Crippen molar-refractivity contribution >= 4 is 23.4 Å². The summed E-state index contributed by atoms with van der Waals surface area (Å²) in [7, 11) is 0. The van der Waals surface area contributed by atoms with Gasteiger partial charge in [-0.15, -0.1) is 11.6 Å². The molecule has 0 saturated carbocycles. The molecular weight excluding hydrogens is 259 g/mol. The summed E-state index contributed by atoms with van der Waals surface area (Å²) in [5, 5.41) is 5.03. The van der Waals surface area contributed by atoms with Crippen molar-refractivity contribution in [1.82, 2.24) is 10.6 Å². The first-order valence-electron chi connectivity index (χ1n) is 5.40. The molecule has 0 aliphatic carbocycles. The predicted molar refractivity (Wildman–Crippen MR) is 66.7 cm³/mol. The highest BCUT2D eigenvalue weighted by Gasteiger charge is 2.10. The second-order valence-electron chi connectivity index (χ2n) is 3.75. The average molecular weight is 273 g/mol. The summed E-state index contributed by atoms with van der Waals surface area (Å²) in [5.41, 5.74) is 0.786. The van der Waals surface area contributed by atoms with E-state index in [2.05, 4.69) is 10.6 Å². The predicted octanol–water partition coefficient (Wildman–Crippen LogP) is 1.36. The lowest BCUT2D eigenvalue weighted by atomic mass is 10.1. The van der Waals surface area contributed by atoms with Crippen molar-refractivity contribution in [2.24, 2.45) is 0 Å². The fourth-order valence-corrected chi connectivity index (χ4v) is 1.45. The van der Waals surface area contributed by atoms with Gasteiger partial charge in [-0.3, -0.25) is 9.59 Å². The summed E-state index contributed by atoms with van der Waals surface area (Å²) in [6, 6.07) is 5.58. The Hall–Kier alpha value is -1.62. The van der Waals surface area contributed by atoms with Crippen LogP contribution in [0.5, 0.6) is 0 Å². The Balaban J connectivity index is 2.44. The molecule has 0 saturated heterocycles. The van der Waals surface area contributed by atoms with E-state index < -0.39 is 5.91 Å². The molecule has 0 aliphatic heterocycles. The van der Waals surface area contributed by atoms with E-state index in [4.69, 9.17) is 11.6 Å². The van der Waals surface area contributed by atoms with Gasteiger partial charge in [0.05, 0.1) is 12.6 Å². The van der Waals surface area contributed by atoms with Gasteiger partial charge in [-0.05, 0) is 24.6 Å². The zero-order chi connectivity index (χ0) is 13.5. The lowest BCUT2D eigenvalue weighted by molar-refractivity contribution is -0.125. The highest BCUT2D eigenvalue weighted by atomic mass is 35.5. The van der Waals surface area contributed by atoms with Gasteiger partial charge in [0.2, 0.25) is 11.8 Å². The minimum absolute atomic E-state index is 0.128. The maximum absolute atomic E-state index is 12.7. The molecule has 1 aromatic rings. The first kappa shape index (κ1) is 14.4. The number of amides is 2. The minimum Gasteiger partial charge on any atom is -0.348 e. The molecule has 0 radical (unpaired) electrons. The Bertz CT molecular complexity index is 423. The Morgan fingerprint density at radius 3 is 2.44 bits per heavy atom. The molecular formula is C12H14ClFN2O2. The van der Waals surface area contributed by atoms with Crippen LogP contribution < -0.4 is 10.6 Å². The molecule has 2 amide bonds. The van der Waals surface area contributed by atoms with Gasteiger partial charge in [-0.2, -0.15) is 0 Å². The second kappa shape index (κ2) is 6.96. The monoisotopic (exact) mass is 272 g/mol. The summed E-state index contributed by atoms with van der Waals surface area (Å²) < 4.78 is 12.7. The van der Waals surface area contributed by atoms with Crippen LogP contribution in [0.2, 0.25) is 0 Å². The molecule has 98 valence electrons. The van der Waals surface area contributed by atoms with E-state index in [0.717, 1.165) is 5.56 Å². The van der Waals surface area contributed by atoms with Gasteiger partial charge in [0.25, 0.3) is 0 Å². The van der Waals surface area contributed by atoms with Crippen LogP contribution in [0.25, 0.3) is 0 Å². The average Bonchev–Trinajstić information content (AvgIpc) is 2.36. The maximum atomic E-state index is 12.7. The number of hydrogen-bond acceptors (Lipinski definition) is 2. The molecule has 1 aromatic carbocycles. The zero-order valence-corrected chi connectivity index (χ0v) is 10.6. The molecule has 4 nitrogen and oxygen atoms in total. The molecule has 0 fully saturated rings. The molecule has 0 bridgehead atoms. The standard InChI is InChI=1S/C12H14ClFN2O2/c1-8(9-2-4-10(14)5-3-9)16-12(18)7-15-11(17)6-13/h2-5,8H,6-7H2,1H3,(H,15,17)(H,16,18). The minimum atomic E-state index is -0.402. The van der Waals surface area contributed by atoms with Crippen molar-refractivity contribution < 1.29 is 14.0 Å².